The quantitative estimate of drug-likeness (QED) is 0.223. The van der Waals surface area contributed by atoms with Crippen molar-refractivity contribution in [1.29, 1.82) is 0 Å². The van der Waals surface area contributed by atoms with Crippen LogP contribution in [0.15, 0.2) is 4.99 Å². The molecule has 2 saturated heterocycles. The number of hydrogen-bond donors (Lipinski definition) is 2. The molecule has 0 aromatic carbocycles. The fourth-order valence-corrected chi connectivity index (χ4v) is 4.28. The lowest BCUT2D eigenvalue weighted by Gasteiger charge is -2.33. The maximum absolute atomic E-state index is 4.79. The fraction of sp³-hybridized carbons (Fsp3) is 0.952. The standard InChI is InChI=1S/C21H43N5.HI/c1-4-22-21(23-13-8-16-26-15-7-6-9-19(26)3)24-14-10-20-11-17-25(5-2)18-12-20;/h19-20H,4-18H2,1-3H3,(H2,22,23,24);1H. The third-order valence-electron chi connectivity index (χ3n) is 6.16. The minimum atomic E-state index is 0. The Balaban J connectivity index is 0.00000364. The molecule has 2 N–H and O–H groups in total. The van der Waals surface area contributed by atoms with E-state index in [4.69, 9.17) is 4.99 Å². The summed E-state index contributed by atoms with van der Waals surface area (Å²) in [4.78, 5) is 10.00. The summed E-state index contributed by atoms with van der Waals surface area (Å²) in [6, 6.07) is 0.762. The van der Waals surface area contributed by atoms with Crippen molar-refractivity contribution < 1.29 is 0 Å². The van der Waals surface area contributed by atoms with Gasteiger partial charge in [0.15, 0.2) is 5.96 Å². The fourth-order valence-electron chi connectivity index (χ4n) is 4.28. The number of likely N-dealkylation sites (tertiary alicyclic amines) is 2. The molecule has 27 heavy (non-hydrogen) atoms. The second-order valence-corrected chi connectivity index (χ2v) is 8.09. The summed E-state index contributed by atoms with van der Waals surface area (Å²) in [5, 5.41) is 6.95. The van der Waals surface area contributed by atoms with Gasteiger partial charge in [-0.25, -0.2) is 0 Å². The Kier molecular flexibility index (Phi) is 13.7. The number of nitrogens with zero attached hydrogens (tertiary/aromatic N) is 3. The minimum absolute atomic E-state index is 0. The van der Waals surface area contributed by atoms with E-state index in [0.29, 0.717) is 0 Å². The van der Waals surface area contributed by atoms with Gasteiger partial charge in [-0.3, -0.25) is 4.99 Å². The van der Waals surface area contributed by atoms with E-state index in [1.54, 1.807) is 0 Å². The zero-order chi connectivity index (χ0) is 18.6. The predicted octanol–water partition coefficient (Wildman–Crippen LogP) is 3.55. The highest BCUT2D eigenvalue weighted by molar-refractivity contribution is 14.0. The number of nitrogens with one attached hydrogen (secondary N) is 2. The normalized spacial score (nSPS) is 23.1. The van der Waals surface area contributed by atoms with Crippen molar-refractivity contribution in [3.63, 3.8) is 0 Å². The molecule has 2 rings (SSSR count). The van der Waals surface area contributed by atoms with Crippen molar-refractivity contribution in [2.75, 3.05) is 52.4 Å². The van der Waals surface area contributed by atoms with Crippen molar-refractivity contribution >= 4 is 29.9 Å². The summed E-state index contributed by atoms with van der Waals surface area (Å²) < 4.78 is 0. The molecule has 2 heterocycles. The van der Waals surface area contributed by atoms with E-state index in [2.05, 4.69) is 41.2 Å². The Morgan fingerprint density at radius 1 is 1.04 bits per heavy atom. The molecule has 1 atom stereocenters. The highest BCUT2D eigenvalue weighted by Gasteiger charge is 2.18. The van der Waals surface area contributed by atoms with E-state index in [0.717, 1.165) is 44.0 Å². The Bertz CT molecular complexity index is 396. The largest absolute Gasteiger partial charge is 0.357 e. The predicted molar refractivity (Wildman–Crippen MR) is 128 cm³/mol. The Morgan fingerprint density at radius 3 is 2.48 bits per heavy atom. The van der Waals surface area contributed by atoms with E-state index in [9.17, 15) is 0 Å². The Labute approximate surface area is 185 Å². The lowest BCUT2D eigenvalue weighted by molar-refractivity contribution is 0.160. The molecule has 0 spiro atoms. The van der Waals surface area contributed by atoms with Gasteiger partial charge in [0.05, 0.1) is 0 Å². The zero-order valence-electron chi connectivity index (χ0n) is 18.0. The topological polar surface area (TPSA) is 42.9 Å². The highest BCUT2D eigenvalue weighted by Crippen LogP contribution is 2.19. The van der Waals surface area contributed by atoms with Crippen LogP contribution in [0, 0.1) is 5.92 Å². The number of guanidine groups is 1. The third-order valence-corrected chi connectivity index (χ3v) is 6.16. The van der Waals surface area contributed by atoms with Crippen LogP contribution < -0.4 is 10.6 Å². The van der Waals surface area contributed by atoms with Crippen LogP contribution in [0.4, 0.5) is 0 Å². The van der Waals surface area contributed by atoms with Crippen molar-refractivity contribution in [2.45, 2.75) is 71.8 Å². The van der Waals surface area contributed by atoms with Crippen LogP contribution in [-0.4, -0.2) is 74.2 Å². The number of halogens is 1. The van der Waals surface area contributed by atoms with Gasteiger partial charge in [0.1, 0.15) is 0 Å². The molecular formula is C21H44IN5. The summed E-state index contributed by atoms with van der Waals surface area (Å²) in [5.74, 6) is 1.89. The van der Waals surface area contributed by atoms with E-state index in [1.165, 1.54) is 71.2 Å². The molecule has 0 amide bonds. The van der Waals surface area contributed by atoms with Crippen LogP contribution in [0.1, 0.15) is 65.7 Å². The summed E-state index contributed by atoms with van der Waals surface area (Å²) in [6.07, 6.45) is 9.29. The van der Waals surface area contributed by atoms with Gasteiger partial charge in [0.2, 0.25) is 0 Å². The third kappa shape index (κ3) is 9.79. The molecule has 2 aliphatic heterocycles. The van der Waals surface area contributed by atoms with Crippen molar-refractivity contribution in [2.24, 2.45) is 10.9 Å². The van der Waals surface area contributed by atoms with Gasteiger partial charge < -0.3 is 20.4 Å². The zero-order valence-corrected chi connectivity index (χ0v) is 20.3. The lowest BCUT2D eigenvalue weighted by atomic mass is 9.93. The SMILES string of the molecule is CCNC(=NCCCN1CCCCC1C)NCCC1CCN(CC)CC1.I. The maximum atomic E-state index is 4.79. The van der Waals surface area contributed by atoms with Gasteiger partial charge >= 0.3 is 0 Å². The average molecular weight is 494 g/mol. The first-order chi connectivity index (χ1) is 12.7. The van der Waals surface area contributed by atoms with Gasteiger partial charge in [0.25, 0.3) is 0 Å². The molecule has 6 heteroatoms. The number of piperidine rings is 2. The van der Waals surface area contributed by atoms with Gasteiger partial charge in [-0.15, -0.1) is 24.0 Å². The van der Waals surface area contributed by atoms with Crippen molar-refractivity contribution in [3.05, 3.63) is 0 Å². The van der Waals surface area contributed by atoms with Crippen LogP contribution >= 0.6 is 24.0 Å². The smallest absolute Gasteiger partial charge is 0.191 e. The number of hydrogen-bond acceptors (Lipinski definition) is 3. The first-order valence-corrected chi connectivity index (χ1v) is 11.2. The molecular weight excluding hydrogens is 449 g/mol. The first kappa shape index (κ1) is 25.0. The van der Waals surface area contributed by atoms with Crippen LogP contribution in [0.3, 0.4) is 0 Å². The molecule has 0 aliphatic carbocycles. The van der Waals surface area contributed by atoms with Gasteiger partial charge in [-0.2, -0.15) is 0 Å². The molecule has 0 bridgehead atoms. The lowest BCUT2D eigenvalue weighted by Crippen LogP contribution is -2.40. The second-order valence-electron chi connectivity index (χ2n) is 8.09. The highest BCUT2D eigenvalue weighted by atomic mass is 127. The monoisotopic (exact) mass is 493 g/mol. The van der Waals surface area contributed by atoms with Crippen molar-refractivity contribution in [3.8, 4) is 0 Å². The van der Waals surface area contributed by atoms with Crippen LogP contribution in [0.25, 0.3) is 0 Å². The maximum Gasteiger partial charge on any atom is 0.191 e. The molecule has 1 unspecified atom stereocenters. The van der Waals surface area contributed by atoms with Crippen LogP contribution in [0.5, 0.6) is 0 Å². The Hall–Kier alpha value is -0.0800. The van der Waals surface area contributed by atoms with Crippen LogP contribution in [0.2, 0.25) is 0 Å². The van der Waals surface area contributed by atoms with E-state index < -0.39 is 0 Å². The summed E-state index contributed by atoms with van der Waals surface area (Å²) in [7, 11) is 0. The summed E-state index contributed by atoms with van der Waals surface area (Å²) in [6.45, 7) is 15.9. The van der Waals surface area contributed by atoms with Crippen molar-refractivity contribution in [1.82, 2.24) is 20.4 Å². The van der Waals surface area contributed by atoms with Gasteiger partial charge in [-0.1, -0.05) is 13.3 Å². The Morgan fingerprint density at radius 2 is 1.81 bits per heavy atom. The molecule has 5 nitrogen and oxygen atoms in total. The van der Waals surface area contributed by atoms with E-state index in [1.807, 2.05) is 0 Å². The second kappa shape index (κ2) is 14.9. The van der Waals surface area contributed by atoms with E-state index >= 15 is 0 Å². The van der Waals surface area contributed by atoms with Crippen LogP contribution in [-0.2, 0) is 0 Å². The molecule has 2 aliphatic rings. The molecule has 0 aromatic rings. The molecule has 0 aromatic heterocycles. The molecule has 0 radical (unpaired) electrons. The first-order valence-electron chi connectivity index (χ1n) is 11.2. The summed E-state index contributed by atoms with van der Waals surface area (Å²) >= 11 is 0. The minimum Gasteiger partial charge on any atom is -0.357 e. The molecule has 160 valence electrons. The number of aliphatic imine (C=N–C) groups is 1. The van der Waals surface area contributed by atoms with E-state index in [-0.39, 0.29) is 24.0 Å². The van der Waals surface area contributed by atoms with Gasteiger partial charge in [-0.05, 0) is 84.5 Å². The molecule has 0 saturated carbocycles. The summed E-state index contributed by atoms with van der Waals surface area (Å²) in [5.41, 5.74) is 0. The number of rotatable bonds is 9. The van der Waals surface area contributed by atoms with Gasteiger partial charge in [0, 0.05) is 32.2 Å². The average Bonchev–Trinajstić information content (AvgIpc) is 2.67. The molecule has 2 fully saturated rings.